The predicted octanol–water partition coefficient (Wildman–Crippen LogP) is 3.76. The zero-order valence-corrected chi connectivity index (χ0v) is 13.1. The maximum absolute atomic E-state index is 10.6. The van der Waals surface area contributed by atoms with Crippen LogP contribution in [0.15, 0.2) is 49.1 Å². The SMILES string of the molecule is C=CC1(O)C[C@H]2CC[C@H](C1)N2c1ccc(C#N)c2ccccc12. The minimum Gasteiger partial charge on any atom is -0.386 e. The lowest BCUT2D eigenvalue weighted by molar-refractivity contribution is 0.0488. The van der Waals surface area contributed by atoms with Crippen molar-refractivity contribution in [1.29, 1.82) is 5.26 Å². The number of hydrogen-bond donors (Lipinski definition) is 1. The molecule has 0 spiro atoms. The van der Waals surface area contributed by atoms with Gasteiger partial charge in [0.25, 0.3) is 0 Å². The van der Waals surface area contributed by atoms with Gasteiger partial charge in [-0.25, -0.2) is 0 Å². The minimum absolute atomic E-state index is 0.341. The Hall–Kier alpha value is -2.31. The van der Waals surface area contributed by atoms with Gasteiger partial charge in [-0.15, -0.1) is 6.58 Å². The Balaban J connectivity index is 1.83. The first-order chi connectivity index (χ1) is 11.1. The summed E-state index contributed by atoms with van der Waals surface area (Å²) in [5.74, 6) is 0. The fraction of sp³-hybridized carbons (Fsp3) is 0.350. The van der Waals surface area contributed by atoms with Crippen LogP contribution in [-0.2, 0) is 0 Å². The lowest BCUT2D eigenvalue weighted by atomic mass is 9.85. The Morgan fingerprint density at radius 2 is 1.78 bits per heavy atom. The van der Waals surface area contributed by atoms with E-state index >= 15 is 0 Å². The van der Waals surface area contributed by atoms with Crippen molar-refractivity contribution >= 4 is 16.5 Å². The van der Waals surface area contributed by atoms with Gasteiger partial charge in [0.1, 0.15) is 0 Å². The molecule has 2 fully saturated rings. The van der Waals surface area contributed by atoms with Crippen molar-refractivity contribution in [3.05, 3.63) is 54.6 Å². The topological polar surface area (TPSA) is 47.3 Å². The Morgan fingerprint density at radius 3 is 2.39 bits per heavy atom. The molecule has 2 aliphatic rings. The van der Waals surface area contributed by atoms with Crippen LogP contribution >= 0.6 is 0 Å². The molecule has 0 aromatic heterocycles. The fourth-order valence-corrected chi connectivity index (χ4v) is 4.43. The van der Waals surface area contributed by atoms with Gasteiger partial charge in [0.05, 0.1) is 17.2 Å². The second-order valence-corrected chi connectivity index (χ2v) is 6.80. The molecule has 2 aromatic rings. The summed E-state index contributed by atoms with van der Waals surface area (Å²) < 4.78 is 0. The van der Waals surface area contributed by atoms with Crippen LogP contribution in [0.4, 0.5) is 5.69 Å². The molecule has 1 N–H and O–H groups in total. The number of benzene rings is 2. The van der Waals surface area contributed by atoms with E-state index < -0.39 is 5.60 Å². The smallest absolute Gasteiger partial charge is 0.0998 e. The molecule has 4 rings (SSSR count). The lowest BCUT2D eigenvalue weighted by Gasteiger charge is -2.44. The van der Waals surface area contributed by atoms with E-state index in [0.717, 1.165) is 42.0 Å². The van der Waals surface area contributed by atoms with Crippen LogP contribution < -0.4 is 4.90 Å². The normalized spacial score (nSPS) is 29.5. The van der Waals surface area contributed by atoms with Crippen molar-refractivity contribution in [3.63, 3.8) is 0 Å². The molecule has 0 radical (unpaired) electrons. The van der Waals surface area contributed by atoms with E-state index in [-0.39, 0.29) is 0 Å². The van der Waals surface area contributed by atoms with Crippen molar-refractivity contribution in [2.24, 2.45) is 0 Å². The first-order valence-corrected chi connectivity index (χ1v) is 8.21. The molecule has 23 heavy (non-hydrogen) atoms. The van der Waals surface area contributed by atoms with Crippen LogP contribution in [0.3, 0.4) is 0 Å². The Morgan fingerprint density at radius 1 is 1.13 bits per heavy atom. The highest BCUT2D eigenvalue weighted by molar-refractivity contribution is 5.98. The monoisotopic (exact) mass is 304 g/mol. The molecular formula is C20H20N2O. The first-order valence-electron chi connectivity index (χ1n) is 8.21. The maximum Gasteiger partial charge on any atom is 0.0998 e. The summed E-state index contributed by atoms with van der Waals surface area (Å²) in [6, 6.07) is 15.1. The number of rotatable bonds is 2. The largest absolute Gasteiger partial charge is 0.386 e. The molecule has 2 aromatic carbocycles. The van der Waals surface area contributed by atoms with Gasteiger partial charge >= 0.3 is 0 Å². The highest BCUT2D eigenvalue weighted by Gasteiger charge is 2.46. The number of aliphatic hydroxyl groups is 1. The summed E-state index contributed by atoms with van der Waals surface area (Å²) in [7, 11) is 0. The van der Waals surface area contributed by atoms with Crippen molar-refractivity contribution in [2.45, 2.75) is 43.4 Å². The average molecular weight is 304 g/mol. The highest BCUT2D eigenvalue weighted by Crippen LogP contribution is 2.45. The number of hydrogen-bond acceptors (Lipinski definition) is 3. The van der Waals surface area contributed by atoms with Gasteiger partial charge in [0.2, 0.25) is 0 Å². The maximum atomic E-state index is 10.6. The second kappa shape index (κ2) is 5.11. The molecule has 3 heteroatoms. The average Bonchev–Trinajstić information content (AvgIpc) is 2.86. The molecule has 0 aliphatic carbocycles. The van der Waals surface area contributed by atoms with Crippen molar-refractivity contribution in [2.75, 3.05) is 4.90 Å². The number of nitrogens with zero attached hydrogens (tertiary/aromatic N) is 2. The minimum atomic E-state index is -0.731. The third kappa shape index (κ3) is 2.14. The van der Waals surface area contributed by atoms with Crippen LogP contribution in [0.2, 0.25) is 0 Å². The van der Waals surface area contributed by atoms with Crippen LogP contribution in [0.5, 0.6) is 0 Å². The van der Waals surface area contributed by atoms with Crippen molar-refractivity contribution in [3.8, 4) is 6.07 Å². The highest BCUT2D eigenvalue weighted by atomic mass is 16.3. The van der Waals surface area contributed by atoms with E-state index in [1.807, 2.05) is 24.3 Å². The molecule has 2 atom stereocenters. The summed E-state index contributed by atoms with van der Waals surface area (Å²) in [6.07, 6.45) is 5.40. The number of fused-ring (bicyclic) bond motifs is 3. The van der Waals surface area contributed by atoms with Gasteiger partial charge in [-0.3, -0.25) is 0 Å². The summed E-state index contributed by atoms with van der Waals surface area (Å²) in [4.78, 5) is 2.47. The predicted molar refractivity (Wildman–Crippen MR) is 92.3 cm³/mol. The molecule has 2 saturated heterocycles. The molecule has 116 valence electrons. The van der Waals surface area contributed by atoms with Crippen LogP contribution in [0.25, 0.3) is 10.8 Å². The Kier molecular flexibility index (Phi) is 3.18. The first kappa shape index (κ1) is 14.3. The number of piperidine rings is 1. The second-order valence-electron chi connectivity index (χ2n) is 6.80. The van der Waals surface area contributed by atoms with Gasteiger partial charge in [0.15, 0.2) is 0 Å². The van der Waals surface area contributed by atoms with Crippen molar-refractivity contribution in [1.82, 2.24) is 0 Å². The third-order valence-electron chi connectivity index (χ3n) is 5.48. The lowest BCUT2D eigenvalue weighted by Crippen LogP contribution is -2.50. The molecule has 2 heterocycles. The Labute approximate surface area is 136 Å². The van der Waals surface area contributed by atoms with Crippen LogP contribution in [0, 0.1) is 11.3 Å². The van der Waals surface area contributed by atoms with Gasteiger partial charge in [-0.05, 0) is 25.0 Å². The fourth-order valence-electron chi connectivity index (χ4n) is 4.43. The summed E-state index contributed by atoms with van der Waals surface area (Å²) in [5.41, 5.74) is 1.18. The van der Waals surface area contributed by atoms with E-state index in [9.17, 15) is 10.4 Å². The molecule has 0 saturated carbocycles. The van der Waals surface area contributed by atoms with Gasteiger partial charge in [-0.1, -0.05) is 30.3 Å². The third-order valence-corrected chi connectivity index (χ3v) is 5.48. The Bertz CT molecular complexity index is 806. The number of anilines is 1. The van der Waals surface area contributed by atoms with Crippen LogP contribution in [-0.4, -0.2) is 22.8 Å². The van der Waals surface area contributed by atoms with E-state index in [0.29, 0.717) is 12.1 Å². The summed E-state index contributed by atoms with van der Waals surface area (Å²) in [6.45, 7) is 3.82. The molecule has 0 unspecified atom stereocenters. The van der Waals surface area contributed by atoms with Crippen molar-refractivity contribution < 1.29 is 5.11 Å². The van der Waals surface area contributed by atoms with Crippen LogP contribution in [0.1, 0.15) is 31.2 Å². The summed E-state index contributed by atoms with van der Waals surface area (Å²) >= 11 is 0. The molecular weight excluding hydrogens is 284 g/mol. The molecule has 2 bridgehead atoms. The standard InChI is InChI=1S/C20H20N2O/c1-2-20(23)11-15-8-9-16(12-20)22(15)19-10-7-14(13-21)17-5-3-4-6-18(17)19/h2-7,10,15-16,23H,1,8-9,11-12H2/t15-,16-/m1/s1. The summed E-state index contributed by atoms with van der Waals surface area (Å²) in [5, 5.41) is 22.1. The molecule has 3 nitrogen and oxygen atoms in total. The molecule has 0 amide bonds. The van der Waals surface area contributed by atoms with Gasteiger partial charge < -0.3 is 10.0 Å². The molecule has 2 aliphatic heterocycles. The van der Waals surface area contributed by atoms with Gasteiger partial charge in [-0.2, -0.15) is 5.26 Å². The zero-order valence-electron chi connectivity index (χ0n) is 13.1. The van der Waals surface area contributed by atoms with E-state index in [1.165, 1.54) is 5.69 Å². The quantitative estimate of drug-likeness (QED) is 0.859. The number of nitriles is 1. The van der Waals surface area contributed by atoms with E-state index in [1.54, 1.807) is 6.08 Å². The van der Waals surface area contributed by atoms with E-state index in [4.69, 9.17) is 0 Å². The van der Waals surface area contributed by atoms with Gasteiger partial charge in [0, 0.05) is 41.4 Å². The van der Waals surface area contributed by atoms with E-state index in [2.05, 4.69) is 29.7 Å². The zero-order chi connectivity index (χ0) is 16.0.